The maximum absolute atomic E-state index is 11.8. The molecular formula is C12H16BrNO4S. The van der Waals surface area contributed by atoms with Crippen molar-refractivity contribution in [1.82, 2.24) is 4.72 Å². The number of carboxylic acid groups (broad SMARTS) is 1. The second-order valence-corrected chi connectivity index (χ2v) is 7.45. The molecule has 1 aromatic carbocycles. The molecule has 1 rings (SSSR count). The molecule has 1 aromatic rings. The second kappa shape index (κ2) is 6.02. The molecule has 0 atom stereocenters. The highest BCUT2D eigenvalue weighted by Gasteiger charge is 2.26. The third-order valence-electron chi connectivity index (χ3n) is 2.56. The first-order chi connectivity index (χ1) is 8.62. The lowest BCUT2D eigenvalue weighted by molar-refractivity contribution is -0.136. The summed E-state index contributed by atoms with van der Waals surface area (Å²) < 4.78 is 27.0. The van der Waals surface area contributed by atoms with Crippen LogP contribution in [0.25, 0.3) is 0 Å². The number of nitrogens with one attached hydrogen (secondary N) is 1. The normalized spacial score (nSPS) is 12.4. The minimum atomic E-state index is -3.64. The smallest absolute Gasteiger partial charge is 0.304 e. The van der Waals surface area contributed by atoms with Gasteiger partial charge in [-0.2, -0.15) is 0 Å². The molecule has 19 heavy (non-hydrogen) atoms. The largest absolute Gasteiger partial charge is 0.481 e. The zero-order chi connectivity index (χ0) is 14.7. The first-order valence-corrected chi connectivity index (χ1v) is 8.06. The molecule has 0 heterocycles. The molecule has 0 saturated heterocycles. The predicted molar refractivity (Wildman–Crippen MR) is 76.3 cm³/mol. The molecule has 7 heteroatoms. The summed E-state index contributed by atoms with van der Waals surface area (Å²) in [5.74, 6) is -1.56. The van der Waals surface area contributed by atoms with E-state index < -0.39 is 33.7 Å². The van der Waals surface area contributed by atoms with Crippen molar-refractivity contribution in [2.75, 3.05) is 5.75 Å². The third kappa shape index (κ3) is 5.30. The number of sulfonamides is 1. The van der Waals surface area contributed by atoms with E-state index in [0.29, 0.717) is 0 Å². The van der Waals surface area contributed by atoms with E-state index in [1.165, 1.54) is 0 Å². The van der Waals surface area contributed by atoms with Crippen molar-refractivity contribution >= 4 is 31.9 Å². The molecule has 0 aromatic heterocycles. The number of hydrogen-bond donors (Lipinski definition) is 2. The summed E-state index contributed by atoms with van der Waals surface area (Å²) in [4.78, 5) is 10.4. The van der Waals surface area contributed by atoms with Gasteiger partial charge in [0.1, 0.15) is 0 Å². The van der Waals surface area contributed by atoms with Gasteiger partial charge in [-0.3, -0.25) is 4.79 Å². The van der Waals surface area contributed by atoms with E-state index >= 15 is 0 Å². The van der Waals surface area contributed by atoms with Crippen LogP contribution >= 0.6 is 15.9 Å². The molecule has 0 bridgehead atoms. The summed E-state index contributed by atoms with van der Waals surface area (Å²) in [6.07, 6.45) is -0.411. The molecule has 0 saturated carbocycles. The first kappa shape index (κ1) is 16.1. The molecule has 0 radical (unpaired) electrons. The summed E-state index contributed by atoms with van der Waals surface area (Å²) in [6.45, 7) is 3.46. The maximum Gasteiger partial charge on any atom is 0.304 e. The zero-order valence-electron chi connectivity index (χ0n) is 10.7. The average molecular weight is 350 g/mol. The van der Waals surface area contributed by atoms with E-state index in [9.17, 15) is 13.2 Å². The van der Waals surface area contributed by atoms with E-state index in [4.69, 9.17) is 5.11 Å². The number of carbonyl (C=O) groups is 1. The molecule has 0 spiro atoms. The van der Waals surface area contributed by atoms with Crippen LogP contribution < -0.4 is 4.72 Å². The molecular weight excluding hydrogens is 334 g/mol. The average Bonchev–Trinajstić information content (AvgIpc) is 2.26. The molecule has 0 amide bonds. The quantitative estimate of drug-likeness (QED) is 0.823. The van der Waals surface area contributed by atoms with E-state index in [-0.39, 0.29) is 0 Å². The Morgan fingerprint density at radius 2 is 1.84 bits per heavy atom. The summed E-state index contributed by atoms with van der Waals surface area (Å²) in [5.41, 5.74) is 0.00694. The molecule has 0 aliphatic rings. The van der Waals surface area contributed by atoms with Gasteiger partial charge in [0.05, 0.1) is 17.7 Å². The Morgan fingerprint density at radius 3 is 2.32 bits per heavy atom. The molecule has 0 aliphatic heterocycles. The minimum absolute atomic E-state index is 0.411. The summed E-state index contributed by atoms with van der Waals surface area (Å²) in [5, 5.41) is 8.53. The van der Waals surface area contributed by atoms with Crippen LogP contribution in [0, 0.1) is 0 Å². The molecule has 106 valence electrons. The van der Waals surface area contributed by atoms with Crippen molar-refractivity contribution in [3.05, 3.63) is 34.3 Å². The standard InChI is InChI=1S/C12H16BrNO4S/c1-12(2,9-3-5-10(13)6-4-9)14-19(17,18)8-7-11(15)16/h3-6,14H,7-8H2,1-2H3,(H,15,16). The van der Waals surface area contributed by atoms with Crippen molar-refractivity contribution in [3.63, 3.8) is 0 Å². The van der Waals surface area contributed by atoms with Crippen molar-refractivity contribution in [2.24, 2.45) is 0 Å². The Labute approximate surface area is 121 Å². The Hall–Kier alpha value is -0.920. The SMILES string of the molecule is CC(C)(NS(=O)(=O)CCC(=O)O)c1ccc(Br)cc1. The van der Waals surface area contributed by atoms with Gasteiger partial charge in [0, 0.05) is 4.47 Å². The van der Waals surface area contributed by atoms with Crippen LogP contribution in [0.5, 0.6) is 0 Å². The van der Waals surface area contributed by atoms with Gasteiger partial charge in [-0.15, -0.1) is 0 Å². The lowest BCUT2D eigenvalue weighted by atomic mass is 9.96. The fourth-order valence-electron chi connectivity index (χ4n) is 1.59. The van der Waals surface area contributed by atoms with Gasteiger partial charge < -0.3 is 5.11 Å². The van der Waals surface area contributed by atoms with Crippen molar-refractivity contribution < 1.29 is 18.3 Å². The van der Waals surface area contributed by atoms with Gasteiger partial charge in [-0.25, -0.2) is 13.1 Å². The Bertz CT molecular complexity index is 552. The number of benzene rings is 1. The number of carboxylic acids is 1. The van der Waals surface area contributed by atoms with Gasteiger partial charge in [-0.05, 0) is 31.5 Å². The topological polar surface area (TPSA) is 83.5 Å². The number of aliphatic carboxylic acids is 1. The van der Waals surface area contributed by atoms with Crippen molar-refractivity contribution in [2.45, 2.75) is 25.8 Å². The van der Waals surface area contributed by atoms with Crippen molar-refractivity contribution in [1.29, 1.82) is 0 Å². The van der Waals surface area contributed by atoms with E-state index in [2.05, 4.69) is 20.7 Å². The second-order valence-electron chi connectivity index (χ2n) is 4.70. The van der Waals surface area contributed by atoms with Crippen LogP contribution in [0.2, 0.25) is 0 Å². The van der Waals surface area contributed by atoms with Crippen LogP contribution in [0.3, 0.4) is 0 Å². The number of rotatable bonds is 6. The van der Waals surface area contributed by atoms with Crippen LogP contribution in [0.1, 0.15) is 25.8 Å². The molecule has 2 N–H and O–H groups in total. The highest BCUT2D eigenvalue weighted by molar-refractivity contribution is 9.10. The highest BCUT2D eigenvalue weighted by Crippen LogP contribution is 2.23. The summed E-state index contributed by atoms with van der Waals surface area (Å²) >= 11 is 3.31. The lowest BCUT2D eigenvalue weighted by Crippen LogP contribution is -2.42. The molecule has 0 aliphatic carbocycles. The van der Waals surface area contributed by atoms with Gasteiger partial charge in [0.25, 0.3) is 0 Å². The van der Waals surface area contributed by atoms with Crippen molar-refractivity contribution in [3.8, 4) is 0 Å². The minimum Gasteiger partial charge on any atom is -0.481 e. The maximum atomic E-state index is 11.8. The summed E-state index contributed by atoms with van der Waals surface area (Å²) in [7, 11) is -3.64. The lowest BCUT2D eigenvalue weighted by Gasteiger charge is -2.26. The third-order valence-corrected chi connectivity index (χ3v) is 4.65. The van der Waals surface area contributed by atoms with Gasteiger partial charge in [-0.1, -0.05) is 28.1 Å². The van der Waals surface area contributed by atoms with Gasteiger partial charge in [0.15, 0.2) is 0 Å². The van der Waals surface area contributed by atoms with Gasteiger partial charge >= 0.3 is 5.97 Å². The molecule has 0 fully saturated rings. The fraction of sp³-hybridized carbons (Fsp3) is 0.417. The van der Waals surface area contributed by atoms with E-state index in [1.807, 2.05) is 24.3 Å². The monoisotopic (exact) mass is 349 g/mol. The van der Waals surface area contributed by atoms with Gasteiger partial charge in [0.2, 0.25) is 10.0 Å². The predicted octanol–water partition coefficient (Wildman–Crippen LogP) is 2.08. The number of hydrogen-bond acceptors (Lipinski definition) is 3. The van der Waals surface area contributed by atoms with Crippen LogP contribution in [0.15, 0.2) is 28.7 Å². The van der Waals surface area contributed by atoms with Crippen LogP contribution in [-0.4, -0.2) is 25.2 Å². The van der Waals surface area contributed by atoms with E-state index in [0.717, 1.165) is 10.0 Å². The first-order valence-electron chi connectivity index (χ1n) is 5.62. The van der Waals surface area contributed by atoms with Crippen LogP contribution in [0.4, 0.5) is 0 Å². The zero-order valence-corrected chi connectivity index (χ0v) is 13.1. The summed E-state index contributed by atoms with van der Waals surface area (Å²) in [6, 6.07) is 7.26. The Balaban J connectivity index is 2.84. The number of halogens is 1. The van der Waals surface area contributed by atoms with Crippen LogP contribution in [-0.2, 0) is 20.4 Å². The Morgan fingerprint density at radius 1 is 1.32 bits per heavy atom. The molecule has 5 nitrogen and oxygen atoms in total. The Kier molecular flexibility index (Phi) is 5.11. The fourth-order valence-corrected chi connectivity index (χ4v) is 3.29. The highest BCUT2D eigenvalue weighted by atomic mass is 79.9. The molecule has 0 unspecified atom stereocenters. The van der Waals surface area contributed by atoms with E-state index in [1.54, 1.807) is 13.8 Å².